The third-order valence-corrected chi connectivity index (χ3v) is 5.30. The molecule has 1 N–H and O–H groups in total. The van der Waals surface area contributed by atoms with Crippen molar-refractivity contribution in [1.82, 2.24) is 4.90 Å². The maximum Gasteiger partial charge on any atom is 0.417 e. The van der Waals surface area contributed by atoms with Crippen LogP contribution in [0.4, 0.5) is 18.9 Å². The van der Waals surface area contributed by atoms with Crippen LogP contribution in [0.1, 0.15) is 42.6 Å². The van der Waals surface area contributed by atoms with Gasteiger partial charge in [0, 0.05) is 10.2 Å². The fraction of sp³-hybridized carbons (Fsp3) is 0.0952. The molecule has 0 unspecified atom stereocenters. The fourth-order valence-corrected chi connectivity index (χ4v) is 3.61. The van der Waals surface area contributed by atoms with Crippen molar-refractivity contribution < 1.29 is 32.0 Å². The average molecular weight is 493 g/mol. The summed E-state index contributed by atoms with van der Waals surface area (Å²) in [5.41, 5.74) is -0.435. The summed E-state index contributed by atoms with van der Waals surface area (Å²) in [5.74, 6) is -1.73. The van der Waals surface area contributed by atoms with Gasteiger partial charge in [-0.25, -0.2) is 0 Å². The van der Waals surface area contributed by atoms with E-state index >= 15 is 0 Å². The van der Waals surface area contributed by atoms with Crippen molar-refractivity contribution in [2.24, 2.45) is 0 Å². The van der Waals surface area contributed by atoms with Gasteiger partial charge in [-0.05, 0) is 42.5 Å². The lowest BCUT2D eigenvalue weighted by atomic mass is 10.1. The van der Waals surface area contributed by atoms with Gasteiger partial charge in [0.25, 0.3) is 17.7 Å². The van der Waals surface area contributed by atoms with Gasteiger partial charge in [-0.15, -0.1) is 0 Å². The van der Waals surface area contributed by atoms with Crippen molar-refractivity contribution in [3.63, 3.8) is 0 Å². The molecule has 0 bridgehead atoms. The molecule has 0 atom stereocenters. The van der Waals surface area contributed by atoms with Crippen LogP contribution in [0.25, 0.3) is 0 Å². The van der Waals surface area contributed by atoms with Crippen LogP contribution in [0.5, 0.6) is 0 Å². The monoisotopic (exact) mass is 492 g/mol. The summed E-state index contributed by atoms with van der Waals surface area (Å²) < 4.78 is 44.3. The van der Waals surface area contributed by atoms with Crippen LogP contribution in [0.2, 0.25) is 0 Å². The van der Waals surface area contributed by atoms with Crippen LogP contribution in [-0.4, -0.2) is 22.6 Å². The first-order valence-corrected chi connectivity index (χ1v) is 9.66. The van der Waals surface area contributed by atoms with Crippen molar-refractivity contribution in [1.29, 1.82) is 0 Å². The minimum atomic E-state index is -4.59. The molecule has 0 spiro atoms. The molecule has 0 saturated carbocycles. The van der Waals surface area contributed by atoms with Gasteiger partial charge in [0.15, 0.2) is 5.76 Å². The van der Waals surface area contributed by atoms with Gasteiger partial charge >= 0.3 is 6.18 Å². The van der Waals surface area contributed by atoms with Gasteiger partial charge in [-0.1, -0.05) is 28.1 Å². The van der Waals surface area contributed by atoms with Crippen LogP contribution in [0, 0.1) is 0 Å². The summed E-state index contributed by atoms with van der Waals surface area (Å²) in [6.45, 7) is -0.184. The summed E-state index contributed by atoms with van der Waals surface area (Å²) in [5, 5.41) is 2.34. The molecule has 3 amide bonds. The van der Waals surface area contributed by atoms with E-state index in [2.05, 4.69) is 21.2 Å². The largest absolute Gasteiger partial charge is 0.454 e. The summed E-state index contributed by atoms with van der Waals surface area (Å²) in [6.07, 6.45) is -4.59. The molecule has 0 aliphatic carbocycles. The second-order valence-electron chi connectivity index (χ2n) is 6.65. The molecule has 31 heavy (non-hydrogen) atoms. The summed E-state index contributed by atoms with van der Waals surface area (Å²) in [7, 11) is 0. The molecule has 0 saturated heterocycles. The molecule has 6 nitrogen and oxygen atoms in total. The highest BCUT2D eigenvalue weighted by molar-refractivity contribution is 9.10. The smallest absolute Gasteiger partial charge is 0.417 e. The van der Waals surface area contributed by atoms with E-state index in [0.29, 0.717) is 0 Å². The Bertz CT molecular complexity index is 1180. The molecule has 2 aromatic carbocycles. The summed E-state index contributed by atoms with van der Waals surface area (Å²) >= 11 is 2.83. The number of carbonyl (C=O) groups is 3. The average Bonchev–Trinajstić information content (AvgIpc) is 3.28. The number of benzene rings is 2. The number of amides is 3. The first-order chi connectivity index (χ1) is 14.6. The number of carbonyl (C=O) groups excluding carboxylic acids is 3. The zero-order valence-electron chi connectivity index (χ0n) is 15.5. The van der Waals surface area contributed by atoms with E-state index in [1.807, 2.05) is 0 Å². The van der Waals surface area contributed by atoms with Crippen molar-refractivity contribution in [2.75, 3.05) is 5.32 Å². The molecule has 10 heteroatoms. The van der Waals surface area contributed by atoms with Gasteiger partial charge in [0.2, 0.25) is 0 Å². The Morgan fingerprint density at radius 2 is 1.65 bits per heavy atom. The van der Waals surface area contributed by atoms with Crippen LogP contribution in [0.3, 0.4) is 0 Å². The van der Waals surface area contributed by atoms with Gasteiger partial charge in [-0.3, -0.25) is 19.3 Å². The lowest BCUT2D eigenvalue weighted by Crippen LogP contribution is -2.28. The SMILES string of the molecule is O=C(Nc1ccc(Br)c(C(F)(F)F)c1)c1ccc(CN2C(=O)c3ccccc3C2=O)o1. The standard InChI is InChI=1S/C21H12BrF3N2O4/c22-16-7-5-11(9-15(16)21(23,24)25)26-18(28)17-8-6-12(31-17)10-27-19(29)13-3-1-2-4-14(13)20(27)30/h1-9H,10H2,(H,26,28). The Morgan fingerprint density at radius 1 is 1.00 bits per heavy atom. The predicted molar refractivity (Wildman–Crippen MR) is 106 cm³/mol. The first-order valence-electron chi connectivity index (χ1n) is 8.87. The van der Waals surface area contributed by atoms with Gasteiger partial charge < -0.3 is 9.73 Å². The van der Waals surface area contributed by atoms with E-state index in [-0.39, 0.29) is 39.4 Å². The topological polar surface area (TPSA) is 79.6 Å². The quantitative estimate of drug-likeness (QED) is 0.513. The lowest BCUT2D eigenvalue weighted by molar-refractivity contribution is -0.138. The molecule has 158 valence electrons. The normalized spacial score (nSPS) is 13.5. The Balaban J connectivity index is 1.48. The number of rotatable bonds is 4. The van der Waals surface area contributed by atoms with Gasteiger partial charge in [-0.2, -0.15) is 13.2 Å². The number of imide groups is 1. The zero-order valence-corrected chi connectivity index (χ0v) is 17.1. The molecule has 0 fully saturated rings. The van der Waals surface area contributed by atoms with Crippen molar-refractivity contribution in [2.45, 2.75) is 12.7 Å². The second-order valence-corrected chi connectivity index (χ2v) is 7.51. The molecule has 2 heterocycles. The van der Waals surface area contributed by atoms with Gasteiger partial charge in [0.05, 0.1) is 23.2 Å². The minimum absolute atomic E-state index is 0.0705. The minimum Gasteiger partial charge on any atom is -0.454 e. The lowest BCUT2D eigenvalue weighted by Gasteiger charge is -2.12. The molecule has 4 rings (SSSR count). The van der Waals surface area contributed by atoms with Crippen LogP contribution in [0.15, 0.2) is 63.5 Å². The molecular weight excluding hydrogens is 481 g/mol. The van der Waals surface area contributed by atoms with Crippen molar-refractivity contribution in [3.05, 3.63) is 87.3 Å². The van der Waals surface area contributed by atoms with Crippen molar-refractivity contribution in [3.8, 4) is 0 Å². The number of hydrogen-bond donors (Lipinski definition) is 1. The Kier molecular flexibility index (Phi) is 5.18. The van der Waals surface area contributed by atoms with E-state index in [1.165, 1.54) is 24.3 Å². The van der Waals surface area contributed by atoms with E-state index in [4.69, 9.17) is 4.42 Å². The van der Waals surface area contributed by atoms with E-state index in [1.54, 1.807) is 24.3 Å². The van der Waals surface area contributed by atoms with Gasteiger partial charge in [0.1, 0.15) is 5.76 Å². The maximum atomic E-state index is 13.0. The Hall–Kier alpha value is -3.40. The molecule has 1 aliphatic rings. The predicted octanol–water partition coefficient (Wildman–Crippen LogP) is 5.11. The van der Waals surface area contributed by atoms with Crippen LogP contribution >= 0.6 is 15.9 Å². The Labute approximate surface area is 181 Å². The highest BCUT2D eigenvalue weighted by Crippen LogP contribution is 2.36. The number of nitrogens with zero attached hydrogens (tertiary/aromatic N) is 1. The fourth-order valence-electron chi connectivity index (χ4n) is 3.14. The molecular formula is C21H12BrF3N2O4. The number of alkyl halides is 3. The number of anilines is 1. The highest BCUT2D eigenvalue weighted by atomic mass is 79.9. The molecule has 1 aliphatic heterocycles. The van der Waals surface area contributed by atoms with E-state index in [0.717, 1.165) is 11.0 Å². The zero-order chi connectivity index (χ0) is 22.3. The maximum absolute atomic E-state index is 13.0. The summed E-state index contributed by atoms with van der Waals surface area (Å²) in [4.78, 5) is 38.2. The number of halogens is 4. The number of nitrogens with one attached hydrogen (secondary N) is 1. The van der Waals surface area contributed by atoms with Crippen molar-refractivity contribution >= 4 is 39.3 Å². The van der Waals surface area contributed by atoms with E-state index < -0.39 is 29.5 Å². The number of fused-ring (bicyclic) bond motifs is 1. The number of hydrogen-bond acceptors (Lipinski definition) is 4. The number of furan rings is 1. The summed E-state index contributed by atoms with van der Waals surface area (Å²) in [6, 6.07) is 12.4. The highest BCUT2D eigenvalue weighted by Gasteiger charge is 2.36. The third kappa shape index (κ3) is 3.98. The second kappa shape index (κ2) is 7.69. The van der Waals surface area contributed by atoms with Crippen LogP contribution in [-0.2, 0) is 12.7 Å². The molecule has 3 aromatic rings. The Morgan fingerprint density at radius 3 is 2.26 bits per heavy atom. The van der Waals surface area contributed by atoms with E-state index in [9.17, 15) is 27.6 Å². The first kappa shape index (κ1) is 20.9. The third-order valence-electron chi connectivity index (χ3n) is 4.61. The molecule has 0 radical (unpaired) electrons. The van der Waals surface area contributed by atoms with Crippen LogP contribution < -0.4 is 5.32 Å². The molecule has 1 aromatic heterocycles.